The van der Waals surface area contributed by atoms with Gasteiger partial charge in [-0.05, 0) is 38.5 Å². The van der Waals surface area contributed by atoms with Gasteiger partial charge in [-0.3, -0.25) is 18.6 Å². The van der Waals surface area contributed by atoms with E-state index in [1.54, 1.807) is 0 Å². The summed E-state index contributed by atoms with van der Waals surface area (Å²) in [5.74, 6) is -0.796. The lowest BCUT2D eigenvalue weighted by molar-refractivity contribution is -0.870. The van der Waals surface area contributed by atoms with Crippen LogP contribution in [0.3, 0.4) is 0 Å². The van der Waals surface area contributed by atoms with Gasteiger partial charge in [-0.15, -0.1) is 0 Å². The van der Waals surface area contributed by atoms with Gasteiger partial charge in [0, 0.05) is 12.8 Å². The van der Waals surface area contributed by atoms with E-state index in [9.17, 15) is 19.0 Å². The Labute approximate surface area is 346 Å². The average Bonchev–Trinajstić information content (AvgIpc) is 3.15. The molecule has 0 aromatic heterocycles. The van der Waals surface area contributed by atoms with Gasteiger partial charge in [-0.1, -0.05) is 180 Å². The molecule has 0 fully saturated rings. The zero-order valence-corrected chi connectivity index (χ0v) is 38.3. The highest BCUT2D eigenvalue weighted by Gasteiger charge is 2.27. The van der Waals surface area contributed by atoms with Crippen molar-refractivity contribution < 1.29 is 42.1 Å². The summed E-state index contributed by atoms with van der Waals surface area (Å²) in [6.07, 6.45) is 41.1. The third-order valence-electron chi connectivity index (χ3n) is 10.3. The van der Waals surface area contributed by atoms with E-state index in [4.69, 9.17) is 18.5 Å². The third kappa shape index (κ3) is 42.4. The summed E-state index contributed by atoms with van der Waals surface area (Å²) < 4.78 is 34.4. The van der Waals surface area contributed by atoms with Crippen molar-refractivity contribution in [1.29, 1.82) is 0 Å². The summed E-state index contributed by atoms with van der Waals surface area (Å²) >= 11 is 0. The van der Waals surface area contributed by atoms with E-state index in [-0.39, 0.29) is 32.0 Å². The van der Waals surface area contributed by atoms with Crippen molar-refractivity contribution >= 4 is 19.8 Å². The molecule has 0 saturated carbocycles. The Kier molecular flexibility index (Phi) is 38.3. The van der Waals surface area contributed by atoms with E-state index in [1.165, 1.54) is 135 Å². The topological polar surface area (TPSA) is 108 Å². The lowest BCUT2D eigenvalue weighted by Crippen LogP contribution is -2.37. The fourth-order valence-electron chi connectivity index (χ4n) is 6.60. The van der Waals surface area contributed by atoms with Gasteiger partial charge in [0.15, 0.2) is 6.10 Å². The van der Waals surface area contributed by atoms with Crippen molar-refractivity contribution in [2.24, 2.45) is 0 Å². The average molecular weight is 817 g/mol. The molecular formula is C46H91NO8P+. The fraction of sp³-hybridized carbons (Fsp3) is 0.913. The molecule has 0 rings (SSSR count). The number of carbonyl (C=O) groups excluding carboxylic acids is 2. The number of rotatable bonds is 43. The number of quaternary nitrogens is 1. The molecule has 10 heteroatoms. The van der Waals surface area contributed by atoms with Gasteiger partial charge in [-0.2, -0.15) is 0 Å². The number of phosphoric ester groups is 1. The van der Waals surface area contributed by atoms with Gasteiger partial charge in [0.25, 0.3) is 0 Å². The summed E-state index contributed by atoms with van der Waals surface area (Å²) in [7, 11) is 1.48. The maximum atomic E-state index is 12.7. The number of ether oxygens (including phenoxy) is 2. The quantitative estimate of drug-likeness (QED) is 0.0213. The zero-order valence-electron chi connectivity index (χ0n) is 37.4. The first kappa shape index (κ1) is 54.8. The third-order valence-corrected chi connectivity index (χ3v) is 11.3. The minimum atomic E-state index is -4.37. The van der Waals surface area contributed by atoms with E-state index < -0.39 is 26.5 Å². The minimum Gasteiger partial charge on any atom is -0.462 e. The van der Waals surface area contributed by atoms with Crippen LogP contribution < -0.4 is 0 Å². The largest absolute Gasteiger partial charge is 0.472 e. The Hall–Kier alpha value is -1.25. The first-order chi connectivity index (χ1) is 27.0. The number of hydrogen-bond acceptors (Lipinski definition) is 7. The maximum absolute atomic E-state index is 12.7. The number of hydrogen-bond donors (Lipinski definition) is 1. The van der Waals surface area contributed by atoms with E-state index >= 15 is 0 Å². The Bertz CT molecular complexity index is 969. The van der Waals surface area contributed by atoms with Crippen molar-refractivity contribution in [1.82, 2.24) is 0 Å². The summed E-state index contributed by atoms with van der Waals surface area (Å²) in [4.78, 5) is 35.4. The molecule has 0 aromatic rings. The molecule has 2 atom stereocenters. The van der Waals surface area contributed by atoms with Crippen LogP contribution in [0, 0.1) is 0 Å². The van der Waals surface area contributed by atoms with Crippen molar-refractivity contribution in [3.05, 3.63) is 12.2 Å². The molecule has 0 aliphatic heterocycles. The van der Waals surface area contributed by atoms with Crippen molar-refractivity contribution in [3.8, 4) is 0 Å². The van der Waals surface area contributed by atoms with Crippen molar-refractivity contribution in [3.63, 3.8) is 0 Å². The number of phosphoric acid groups is 1. The van der Waals surface area contributed by atoms with Crippen LogP contribution in [0.2, 0.25) is 0 Å². The smallest absolute Gasteiger partial charge is 0.462 e. The number of esters is 2. The molecule has 0 saturated heterocycles. The SMILES string of the molecule is CCCCCCCC/C=C/CCCCCCCC(=O)OCC(COP(=O)(O)OCC[N+](C)(C)C)OC(=O)CCCCCCCCCCCCCCCCCCC. The second kappa shape index (κ2) is 39.2. The summed E-state index contributed by atoms with van der Waals surface area (Å²) in [6, 6.07) is 0. The van der Waals surface area contributed by atoms with Crippen LogP contribution in [0.15, 0.2) is 12.2 Å². The predicted octanol–water partition coefficient (Wildman–Crippen LogP) is 13.4. The van der Waals surface area contributed by atoms with Crippen LogP contribution >= 0.6 is 7.82 Å². The van der Waals surface area contributed by atoms with Gasteiger partial charge in [0.2, 0.25) is 0 Å². The number of nitrogens with zero attached hydrogens (tertiary/aromatic N) is 1. The van der Waals surface area contributed by atoms with Crippen molar-refractivity contribution in [2.45, 2.75) is 225 Å². The lowest BCUT2D eigenvalue weighted by atomic mass is 10.0. The summed E-state index contributed by atoms with van der Waals surface area (Å²) in [5, 5.41) is 0. The monoisotopic (exact) mass is 817 g/mol. The predicted molar refractivity (Wildman–Crippen MR) is 234 cm³/mol. The molecule has 1 N–H and O–H groups in total. The number of carbonyl (C=O) groups is 2. The number of likely N-dealkylation sites (N-methyl/N-ethyl adjacent to an activating group) is 1. The molecule has 0 bridgehead atoms. The van der Waals surface area contributed by atoms with E-state index in [2.05, 4.69) is 26.0 Å². The minimum absolute atomic E-state index is 0.0337. The number of allylic oxidation sites excluding steroid dienone is 2. The summed E-state index contributed by atoms with van der Waals surface area (Å²) in [6.45, 7) is 4.44. The second-order valence-corrected chi connectivity index (χ2v) is 18.6. The first-order valence-electron chi connectivity index (χ1n) is 23.4. The molecule has 2 unspecified atom stereocenters. The Morgan fingerprint density at radius 3 is 1.32 bits per heavy atom. The standard InChI is InChI=1S/C46H90NO8P/c1-6-8-10-12-14-16-18-20-22-23-25-27-29-31-33-35-37-39-46(49)55-44(43-54-56(50,51)53-41-40-47(3,4)5)42-52-45(48)38-36-34-32-30-28-26-24-21-19-17-15-13-11-9-7-2/h21,24,44H,6-20,22-23,25-43H2,1-5H3/p+1/b24-21+. The molecule has 56 heavy (non-hydrogen) atoms. The molecule has 0 amide bonds. The van der Waals surface area contributed by atoms with Crippen LogP contribution in [0.4, 0.5) is 0 Å². The summed E-state index contributed by atoms with van der Waals surface area (Å²) in [5.41, 5.74) is 0. The Balaban J connectivity index is 4.30. The maximum Gasteiger partial charge on any atom is 0.472 e. The Morgan fingerprint density at radius 1 is 0.536 bits per heavy atom. The highest BCUT2D eigenvalue weighted by molar-refractivity contribution is 7.47. The molecule has 0 heterocycles. The van der Waals surface area contributed by atoms with Crippen LogP contribution in [-0.2, 0) is 32.7 Å². The van der Waals surface area contributed by atoms with Gasteiger partial charge in [0.1, 0.15) is 19.8 Å². The molecular weight excluding hydrogens is 725 g/mol. The molecule has 0 aliphatic carbocycles. The van der Waals surface area contributed by atoms with Gasteiger partial charge in [0.05, 0.1) is 27.7 Å². The highest BCUT2D eigenvalue weighted by atomic mass is 31.2. The van der Waals surface area contributed by atoms with Gasteiger partial charge < -0.3 is 18.9 Å². The highest BCUT2D eigenvalue weighted by Crippen LogP contribution is 2.43. The molecule has 0 aliphatic rings. The molecule has 0 aromatic carbocycles. The van der Waals surface area contributed by atoms with Crippen LogP contribution in [0.5, 0.6) is 0 Å². The fourth-order valence-corrected chi connectivity index (χ4v) is 7.34. The van der Waals surface area contributed by atoms with E-state index in [1.807, 2.05) is 21.1 Å². The van der Waals surface area contributed by atoms with Gasteiger partial charge >= 0.3 is 19.8 Å². The first-order valence-corrected chi connectivity index (χ1v) is 24.9. The molecule has 0 spiro atoms. The zero-order chi connectivity index (χ0) is 41.4. The lowest BCUT2D eigenvalue weighted by Gasteiger charge is -2.24. The van der Waals surface area contributed by atoms with E-state index in [0.29, 0.717) is 17.4 Å². The van der Waals surface area contributed by atoms with Crippen LogP contribution in [0.25, 0.3) is 0 Å². The van der Waals surface area contributed by atoms with Crippen LogP contribution in [0.1, 0.15) is 219 Å². The van der Waals surface area contributed by atoms with Gasteiger partial charge in [-0.25, -0.2) is 4.57 Å². The number of unbranched alkanes of at least 4 members (excludes halogenated alkanes) is 27. The second-order valence-electron chi connectivity index (χ2n) is 17.1. The molecule has 332 valence electrons. The van der Waals surface area contributed by atoms with E-state index in [0.717, 1.165) is 51.4 Å². The normalized spacial score (nSPS) is 13.6. The molecule has 0 radical (unpaired) electrons. The van der Waals surface area contributed by atoms with Crippen LogP contribution in [-0.4, -0.2) is 74.9 Å². The Morgan fingerprint density at radius 2 is 0.911 bits per heavy atom. The molecule has 9 nitrogen and oxygen atoms in total. The van der Waals surface area contributed by atoms with Crippen molar-refractivity contribution in [2.75, 3.05) is 47.5 Å².